The van der Waals surface area contributed by atoms with Crippen LogP contribution in [0.5, 0.6) is 0 Å². The Kier molecular flexibility index (Phi) is 6.30. The first kappa shape index (κ1) is 15.8. The number of hydrogen-bond acceptors (Lipinski definition) is 3. The molecule has 1 saturated carbocycles. The molecule has 0 aromatic carbocycles. The van der Waals surface area contributed by atoms with E-state index in [9.17, 15) is 9.90 Å². The minimum atomic E-state index is -0.0950. The van der Waals surface area contributed by atoms with Crippen LogP contribution < -0.4 is 5.32 Å². The van der Waals surface area contributed by atoms with Crippen molar-refractivity contribution < 1.29 is 9.90 Å². The molecular weight excluding hydrogens is 252 g/mol. The van der Waals surface area contributed by atoms with Crippen LogP contribution in [0.25, 0.3) is 0 Å². The van der Waals surface area contributed by atoms with E-state index in [1.54, 1.807) is 0 Å². The van der Waals surface area contributed by atoms with Gasteiger partial charge in [0.1, 0.15) is 0 Å². The topological polar surface area (TPSA) is 52.6 Å². The predicted octanol–water partition coefficient (Wildman–Crippen LogP) is 1.92. The molecule has 1 aliphatic heterocycles. The number of aliphatic hydroxyl groups excluding tert-OH is 1. The van der Waals surface area contributed by atoms with Gasteiger partial charge in [-0.3, -0.25) is 4.79 Å². The number of amides is 1. The normalized spacial score (nSPS) is 29.8. The van der Waals surface area contributed by atoms with E-state index in [0.717, 1.165) is 58.2 Å². The highest BCUT2D eigenvalue weighted by Gasteiger charge is 2.23. The lowest BCUT2D eigenvalue weighted by Gasteiger charge is -2.28. The van der Waals surface area contributed by atoms with Crippen LogP contribution in [0.4, 0.5) is 0 Å². The SMILES string of the molecule is CC(NCC1CCC(O)CC1)C(=O)N1CCCCCC1. The van der Waals surface area contributed by atoms with Gasteiger partial charge in [0.15, 0.2) is 0 Å². The molecule has 0 aromatic rings. The monoisotopic (exact) mass is 282 g/mol. The van der Waals surface area contributed by atoms with E-state index in [0.29, 0.717) is 5.92 Å². The number of aliphatic hydroxyl groups is 1. The van der Waals surface area contributed by atoms with Gasteiger partial charge in [0.05, 0.1) is 12.1 Å². The Bertz CT molecular complexity index is 293. The largest absolute Gasteiger partial charge is 0.393 e. The molecule has 0 aromatic heterocycles. The van der Waals surface area contributed by atoms with Crippen molar-refractivity contribution in [1.29, 1.82) is 0 Å². The second-order valence-electron chi connectivity index (χ2n) is 6.54. The van der Waals surface area contributed by atoms with Crippen LogP contribution in [0.15, 0.2) is 0 Å². The molecule has 1 atom stereocenters. The first-order valence-electron chi connectivity index (χ1n) is 8.37. The van der Waals surface area contributed by atoms with E-state index in [2.05, 4.69) is 5.32 Å². The number of likely N-dealkylation sites (tertiary alicyclic amines) is 1. The van der Waals surface area contributed by atoms with Crippen molar-refractivity contribution in [2.75, 3.05) is 19.6 Å². The van der Waals surface area contributed by atoms with Gasteiger partial charge in [-0.05, 0) is 57.9 Å². The van der Waals surface area contributed by atoms with E-state index in [1.165, 1.54) is 12.8 Å². The molecule has 4 nitrogen and oxygen atoms in total. The molecule has 116 valence electrons. The molecule has 2 aliphatic rings. The summed E-state index contributed by atoms with van der Waals surface area (Å²) in [6.07, 6.45) is 8.73. The van der Waals surface area contributed by atoms with E-state index < -0.39 is 0 Å². The van der Waals surface area contributed by atoms with Gasteiger partial charge in [0, 0.05) is 13.1 Å². The number of nitrogens with zero attached hydrogens (tertiary/aromatic N) is 1. The number of carbonyl (C=O) groups is 1. The molecule has 1 amide bonds. The first-order valence-corrected chi connectivity index (χ1v) is 8.37. The maximum atomic E-state index is 12.4. The molecule has 2 N–H and O–H groups in total. The molecule has 20 heavy (non-hydrogen) atoms. The molecule has 2 rings (SSSR count). The van der Waals surface area contributed by atoms with Gasteiger partial charge in [0.25, 0.3) is 0 Å². The van der Waals surface area contributed by atoms with Crippen molar-refractivity contribution in [2.45, 2.75) is 70.4 Å². The van der Waals surface area contributed by atoms with Gasteiger partial charge >= 0.3 is 0 Å². The van der Waals surface area contributed by atoms with Crippen molar-refractivity contribution in [3.63, 3.8) is 0 Å². The van der Waals surface area contributed by atoms with Crippen LogP contribution in [-0.2, 0) is 4.79 Å². The number of nitrogens with one attached hydrogen (secondary N) is 1. The maximum Gasteiger partial charge on any atom is 0.239 e. The van der Waals surface area contributed by atoms with E-state index in [1.807, 2.05) is 11.8 Å². The summed E-state index contributed by atoms with van der Waals surface area (Å²) in [6.45, 7) is 4.76. The summed E-state index contributed by atoms with van der Waals surface area (Å²) in [4.78, 5) is 14.4. The standard InChI is InChI=1S/C16H30N2O2/c1-13(16(20)18-10-4-2-3-5-11-18)17-12-14-6-8-15(19)9-7-14/h13-15,17,19H,2-12H2,1H3. The molecule has 4 heteroatoms. The van der Waals surface area contributed by atoms with Gasteiger partial charge in [-0.2, -0.15) is 0 Å². The molecule has 1 aliphatic carbocycles. The maximum absolute atomic E-state index is 12.4. The highest BCUT2D eigenvalue weighted by molar-refractivity contribution is 5.81. The summed E-state index contributed by atoms with van der Waals surface area (Å²) in [5, 5.41) is 12.9. The fourth-order valence-electron chi connectivity index (χ4n) is 3.34. The Morgan fingerprint density at radius 1 is 1.15 bits per heavy atom. The van der Waals surface area contributed by atoms with Crippen LogP contribution in [0, 0.1) is 5.92 Å². The molecule has 2 fully saturated rings. The molecular formula is C16H30N2O2. The average Bonchev–Trinajstić information content (AvgIpc) is 2.74. The lowest BCUT2D eigenvalue weighted by atomic mass is 9.87. The van der Waals surface area contributed by atoms with Gasteiger partial charge in [-0.1, -0.05) is 12.8 Å². The van der Waals surface area contributed by atoms with E-state index in [4.69, 9.17) is 0 Å². The van der Waals surface area contributed by atoms with Gasteiger partial charge in [-0.15, -0.1) is 0 Å². The Labute approximate surface area is 122 Å². The number of hydrogen-bond donors (Lipinski definition) is 2. The molecule has 0 bridgehead atoms. The first-order chi connectivity index (χ1) is 9.66. The average molecular weight is 282 g/mol. The Morgan fingerprint density at radius 3 is 2.35 bits per heavy atom. The third kappa shape index (κ3) is 4.74. The smallest absolute Gasteiger partial charge is 0.239 e. The summed E-state index contributed by atoms with van der Waals surface area (Å²) in [6, 6.07) is -0.0695. The zero-order valence-electron chi connectivity index (χ0n) is 12.8. The minimum Gasteiger partial charge on any atom is -0.393 e. The fraction of sp³-hybridized carbons (Fsp3) is 0.938. The molecule has 0 radical (unpaired) electrons. The van der Waals surface area contributed by atoms with Gasteiger partial charge in [-0.25, -0.2) is 0 Å². The Balaban J connectivity index is 1.70. The highest BCUT2D eigenvalue weighted by Crippen LogP contribution is 2.23. The lowest BCUT2D eigenvalue weighted by molar-refractivity contribution is -0.133. The molecule has 0 spiro atoms. The van der Waals surface area contributed by atoms with Crippen molar-refractivity contribution in [1.82, 2.24) is 10.2 Å². The third-order valence-corrected chi connectivity index (χ3v) is 4.82. The summed E-state index contributed by atoms with van der Waals surface area (Å²) < 4.78 is 0. The van der Waals surface area contributed by atoms with Crippen LogP contribution in [0.3, 0.4) is 0 Å². The van der Waals surface area contributed by atoms with E-state index in [-0.39, 0.29) is 18.1 Å². The minimum absolute atomic E-state index is 0.0695. The molecule has 1 heterocycles. The fourth-order valence-corrected chi connectivity index (χ4v) is 3.34. The highest BCUT2D eigenvalue weighted by atomic mass is 16.3. The number of carbonyl (C=O) groups excluding carboxylic acids is 1. The molecule has 1 saturated heterocycles. The zero-order chi connectivity index (χ0) is 14.4. The summed E-state index contributed by atoms with van der Waals surface area (Å²) >= 11 is 0. The summed E-state index contributed by atoms with van der Waals surface area (Å²) in [7, 11) is 0. The number of rotatable bonds is 4. The lowest BCUT2D eigenvalue weighted by Crippen LogP contribution is -2.46. The Morgan fingerprint density at radius 2 is 1.75 bits per heavy atom. The Hall–Kier alpha value is -0.610. The van der Waals surface area contributed by atoms with Crippen molar-refractivity contribution in [2.24, 2.45) is 5.92 Å². The molecule has 1 unspecified atom stereocenters. The van der Waals surface area contributed by atoms with Crippen LogP contribution in [-0.4, -0.2) is 47.7 Å². The second-order valence-corrected chi connectivity index (χ2v) is 6.54. The van der Waals surface area contributed by atoms with Gasteiger partial charge < -0.3 is 15.3 Å². The van der Waals surface area contributed by atoms with Crippen molar-refractivity contribution in [3.8, 4) is 0 Å². The van der Waals surface area contributed by atoms with Crippen LogP contribution >= 0.6 is 0 Å². The van der Waals surface area contributed by atoms with Crippen LogP contribution in [0.2, 0.25) is 0 Å². The van der Waals surface area contributed by atoms with Gasteiger partial charge in [0.2, 0.25) is 5.91 Å². The predicted molar refractivity (Wildman–Crippen MR) is 80.5 cm³/mol. The van der Waals surface area contributed by atoms with Crippen molar-refractivity contribution in [3.05, 3.63) is 0 Å². The van der Waals surface area contributed by atoms with Crippen LogP contribution in [0.1, 0.15) is 58.3 Å². The summed E-state index contributed by atoms with van der Waals surface area (Å²) in [5.41, 5.74) is 0. The summed E-state index contributed by atoms with van der Waals surface area (Å²) in [5.74, 6) is 0.889. The zero-order valence-corrected chi connectivity index (χ0v) is 12.8. The quantitative estimate of drug-likeness (QED) is 0.828. The van der Waals surface area contributed by atoms with Crippen molar-refractivity contribution >= 4 is 5.91 Å². The second kappa shape index (κ2) is 7.99. The van der Waals surface area contributed by atoms with E-state index >= 15 is 0 Å². The third-order valence-electron chi connectivity index (χ3n) is 4.82.